The molecule has 0 unspecified atom stereocenters. The summed E-state index contributed by atoms with van der Waals surface area (Å²) >= 11 is 0. The summed E-state index contributed by atoms with van der Waals surface area (Å²) in [5.41, 5.74) is 0. The normalized spacial score (nSPS) is 8.44. The lowest BCUT2D eigenvalue weighted by Crippen LogP contribution is -1.97. The van der Waals surface area contributed by atoms with E-state index in [2.05, 4.69) is 0 Å². The zero-order valence-corrected chi connectivity index (χ0v) is 10.2. The minimum atomic E-state index is -0.870. The summed E-state index contributed by atoms with van der Waals surface area (Å²) in [5.74, 6) is -1.74. The Morgan fingerprint density at radius 1 is 0.611 bits per heavy atom. The van der Waals surface area contributed by atoms with Gasteiger partial charge in [-0.1, -0.05) is 0 Å². The zero-order chi connectivity index (χ0) is 14.8. The van der Waals surface area contributed by atoms with Crippen LogP contribution >= 0.6 is 0 Å². The van der Waals surface area contributed by atoms with Gasteiger partial charge in [0.05, 0.1) is 26.4 Å². The molecule has 0 aromatic heterocycles. The largest absolute Gasteiger partial charge is 0.481 e. The maximum atomic E-state index is 9.90. The highest BCUT2D eigenvalue weighted by atomic mass is 16.4. The molecule has 8 nitrogen and oxygen atoms in total. The second-order valence-electron chi connectivity index (χ2n) is 2.89. The molecule has 0 aromatic rings. The molecule has 8 heteroatoms. The van der Waals surface area contributed by atoms with Gasteiger partial charge in [0.15, 0.2) is 0 Å². The smallest absolute Gasteiger partial charge is 0.303 e. The van der Waals surface area contributed by atoms with Crippen molar-refractivity contribution in [2.75, 3.05) is 26.4 Å². The molecule has 0 radical (unpaired) electrons. The van der Waals surface area contributed by atoms with Gasteiger partial charge < -0.3 is 30.6 Å². The number of carbonyl (C=O) groups is 2. The molecular weight excluding hydrogens is 248 g/mol. The summed E-state index contributed by atoms with van der Waals surface area (Å²) in [6.45, 7) is -0.500. The molecule has 0 amide bonds. The van der Waals surface area contributed by atoms with E-state index in [9.17, 15) is 9.59 Å². The van der Waals surface area contributed by atoms with E-state index in [1.807, 2.05) is 0 Å². The van der Waals surface area contributed by atoms with Gasteiger partial charge in [-0.15, -0.1) is 0 Å². The fourth-order valence-corrected chi connectivity index (χ4v) is 0.552. The van der Waals surface area contributed by atoms with Crippen LogP contribution in [0.1, 0.15) is 25.7 Å². The minimum Gasteiger partial charge on any atom is -0.481 e. The highest BCUT2D eigenvalue weighted by Gasteiger charge is 1.99. The van der Waals surface area contributed by atoms with Gasteiger partial charge in [0.25, 0.3) is 0 Å². The number of aliphatic hydroxyl groups excluding tert-OH is 4. The Morgan fingerprint density at radius 2 is 0.833 bits per heavy atom. The average molecular weight is 270 g/mol. The lowest BCUT2D eigenvalue weighted by atomic mass is 10.2. The molecule has 0 aliphatic rings. The standard InChI is InChI=1S/C6H10O4.2C2H6O2/c7-5(8)3-1-2-4-6(9)10;2*3-1-2-4/h1-4H2,(H,7,8)(H,9,10);2*3-4H,1-2H2. The van der Waals surface area contributed by atoms with Crippen molar-refractivity contribution < 1.29 is 40.2 Å². The number of aliphatic hydroxyl groups is 4. The van der Waals surface area contributed by atoms with Gasteiger partial charge in [-0.3, -0.25) is 9.59 Å². The van der Waals surface area contributed by atoms with E-state index in [1.54, 1.807) is 0 Å². The van der Waals surface area contributed by atoms with Crippen molar-refractivity contribution >= 4 is 11.9 Å². The van der Waals surface area contributed by atoms with Crippen molar-refractivity contribution in [3.8, 4) is 0 Å². The van der Waals surface area contributed by atoms with E-state index in [1.165, 1.54) is 0 Å². The number of carboxylic acid groups (broad SMARTS) is 2. The summed E-state index contributed by atoms with van der Waals surface area (Å²) in [4.78, 5) is 19.8. The minimum absolute atomic E-state index is 0.0628. The highest BCUT2D eigenvalue weighted by molar-refractivity contribution is 5.67. The van der Waals surface area contributed by atoms with Crippen molar-refractivity contribution in [1.82, 2.24) is 0 Å². The van der Waals surface area contributed by atoms with Crippen LogP contribution in [-0.2, 0) is 9.59 Å². The van der Waals surface area contributed by atoms with Crippen molar-refractivity contribution in [1.29, 1.82) is 0 Å². The number of hydrogen-bond donors (Lipinski definition) is 6. The molecule has 0 fully saturated rings. The molecule has 0 heterocycles. The maximum Gasteiger partial charge on any atom is 0.303 e. The van der Waals surface area contributed by atoms with E-state index >= 15 is 0 Å². The van der Waals surface area contributed by atoms with Crippen molar-refractivity contribution in [2.45, 2.75) is 25.7 Å². The average Bonchev–Trinajstić information content (AvgIpc) is 2.35. The first-order valence-corrected chi connectivity index (χ1v) is 5.33. The van der Waals surface area contributed by atoms with Gasteiger partial charge in [0, 0.05) is 12.8 Å². The predicted molar refractivity (Wildman–Crippen MR) is 62.1 cm³/mol. The predicted octanol–water partition coefficient (Wildman–Crippen LogP) is -1.34. The Bertz CT molecular complexity index is 159. The van der Waals surface area contributed by atoms with Crippen LogP contribution in [0, 0.1) is 0 Å². The number of unbranched alkanes of at least 4 members (excludes halogenated alkanes) is 1. The van der Waals surface area contributed by atoms with Crippen LogP contribution in [0.2, 0.25) is 0 Å². The Kier molecular flexibility index (Phi) is 25.8. The van der Waals surface area contributed by atoms with Gasteiger partial charge in [-0.25, -0.2) is 0 Å². The monoisotopic (exact) mass is 270 g/mol. The van der Waals surface area contributed by atoms with E-state index in [0.29, 0.717) is 12.8 Å². The van der Waals surface area contributed by atoms with Crippen LogP contribution in [0.3, 0.4) is 0 Å². The van der Waals surface area contributed by atoms with Crippen LogP contribution in [-0.4, -0.2) is 69.0 Å². The van der Waals surface area contributed by atoms with E-state index in [4.69, 9.17) is 30.6 Å². The molecule has 0 aliphatic carbocycles. The van der Waals surface area contributed by atoms with Crippen molar-refractivity contribution in [2.24, 2.45) is 0 Å². The molecule has 0 rings (SSSR count). The van der Waals surface area contributed by atoms with Gasteiger partial charge >= 0.3 is 11.9 Å². The number of hydrogen-bond acceptors (Lipinski definition) is 6. The van der Waals surface area contributed by atoms with Crippen LogP contribution in [0.4, 0.5) is 0 Å². The molecule has 110 valence electrons. The van der Waals surface area contributed by atoms with Gasteiger partial charge in [-0.2, -0.15) is 0 Å². The third-order valence-electron chi connectivity index (χ3n) is 1.23. The van der Waals surface area contributed by atoms with E-state index < -0.39 is 11.9 Å². The van der Waals surface area contributed by atoms with Gasteiger partial charge in [-0.05, 0) is 12.8 Å². The first kappa shape index (κ1) is 22.0. The quantitative estimate of drug-likeness (QED) is 0.310. The lowest BCUT2D eigenvalue weighted by molar-refractivity contribution is -0.139. The Hall–Kier alpha value is -1.22. The van der Waals surface area contributed by atoms with Crippen molar-refractivity contribution in [3.05, 3.63) is 0 Å². The van der Waals surface area contributed by atoms with Crippen LogP contribution in [0.5, 0.6) is 0 Å². The molecule has 6 N–H and O–H groups in total. The van der Waals surface area contributed by atoms with Crippen LogP contribution < -0.4 is 0 Å². The Morgan fingerprint density at radius 3 is 0.944 bits per heavy atom. The summed E-state index contributed by atoms with van der Waals surface area (Å²) in [7, 11) is 0. The fraction of sp³-hybridized carbons (Fsp3) is 0.800. The Balaban J connectivity index is -0.000000233. The third kappa shape index (κ3) is 46.4. The maximum absolute atomic E-state index is 9.90. The lowest BCUT2D eigenvalue weighted by Gasteiger charge is -1.92. The SMILES string of the molecule is O=C(O)CCCCC(=O)O.OCCO.OCCO. The number of carboxylic acids is 2. The second kappa shape index (κ2) is 21.1. The third-order valence-corrected chi connectivity index (χ3v) is 1.23. The summed E-state index contributed by atoms with van der Waals surface area (Å²) < 4.78 is 0. The Labute approximate surface area is 105 Å². The van der Waals surface area contributed by atoms with Gasteiger partial charge in [0.1, 0.15) is 0 Å². The van der Waals surface area contributed by atoms with Crippen LogP contribution in [0.25, 0.3) is 0 Å². The van der Waals surface area contributed by atoms with Crippen molar-refractivity contribution in [3.63, 3.8) is 0 Å². The zero-order valence-electron chi connectivity index (χ0n) is 10.2. The number of aliphatic carboxylic acids is 2. The second-order valence-corrected chi connectivity index (χ2v) is 2.89. The summed E-state index contributed by atoms with van der Waals surface area (Å²) in [6, 6.07) is 0. The van der Waals surface area contributed by atoms with E-state index in [0.717, 1.165) is 0 Å². The van der Waals surface area contributed by atoms with Crippen LogP contribution in [0.15, 0.2) is 0 Å². The molecule has 0 aromatic carbocycles. The first-order chi connectivity index (χ1) is 8.45. The molecule has 0 aliphatic heterocycles. The molecule has 0 saturated heterocycles. The summed E-state index contributed by atoms with van der Waals surface area (Å²) in [6.07, 6.45) is 1.02. The summed E-state index contributed by atoms with van der Waals surface area (Å²) in [5, 5.41) is 46.8. The highest BCUT2D eigenvalue weighted by Crippen LogP contribution is 1.98. The first-order valence-electron chi connectivity index (χ1n) is 5.33. The fourth-order valence-electron chi connectivity index (χ4n) is 0.552. The molecule has 0 bridgehead atoms. The molecule has 18 heavy (non-hydrogen) atoms. The topological polar surface area (TPSA) is 156 Å². The van der Waals surface area contributed by atoms with Gasteiger partial charge in [0.2, 0.25) is 0 Å². The molecular formula is C10H22O8. The molecule has 0 atom stereocenters. The van der Waals surface area contributed by atoms with E-state index in [-0.39, 0.29) is 39.3 Å². The number of rotatable bonds is 7. The molecule has 0 saturated carbocycles. The molecule has 0 spiro atoms.